The molecule has 10 heteroatoms. The fourth-order valence-electron chi connectivity index (χ4n) is 5.78. The second-order valence-electron chi connectivity index (χ2n) is 10.9. The Labute approximate surface area is 251 Å². The van der Waals surface area contributed by atoms with E-state index in [1.807, 2.05) is 62.8 Å². The largest absolute Gasteiger partial charge is 0.383 e. The van der Waals surface area contributed by atoms with Crippen LogP contribution < -0.4 is 10.6 Å². The van der Waals surface area contributed by atoms with Gasteiger partial charge in [-0.15, -0.1) is 0 Å². The quantitative estimate of drug-likeness (QED) is 0.259. The summed E-state index contributed by atoms with van der Waals surface area (Å²) in [7, 11) is 3.59. The number of pyridine rings is 1. The molecule has 0 radical (unpaired) electrons. The fraction of sp³-hybridized carbons (Fsp3) is 0.273. The van der Waals surface area contributed by atoms with Crippen LogP contribution in [0.5, 0.6) is 0 Å². The molecule has 2 amide bonds. The van der Waals surface area contributed by atoms with Crippen molar-refractivity contribution in [3.63, 3.8) is 0 Å². The highest BCUT2D eigenvalue weighted by atomic mass is 16.5. The first-order valence-corrected chi connectivity index (χ1v) is 14.4. The Morgan fingerprint density at radius 2 is 1.84 bits per heavy atom. The predicted molar refractivity (Wildman–Crippen MR) is 167 cm³/mol. The van der Waals surface area contributed by atoms with E-state index in [4.69, 9.17) is 9.84 Å². The number of likely N-dealkylation sites (tertiary alicyclic amines) is 1. The van der Waals surface area contributed by atoms with Crippen molar-refractivity contribution in [2.45, 2.75) is 18.9 Å². The molecule has 220 valence electrons. The zero-order chi connectivity index (χ0) is 29.8. The molecule has 1 fully saturated rings. The molecular weight excluding hydrogens is 540 g/mol. The normalized spacial score (nSPS) is 16.8. The molecule has 5 aromatic rings. The third kappa shape index (κ3) is 6.20. The summed E-state index contributed by atoms with van der Waals surface area (Å²) in [6.07, 6.45) is 7.36. The number of aryl methyl sites for hydroxylation is 1. The Hall–Kier alpha value is -4.80. The summed E-state index contributed by atoms with van der Waals surface area (Å²) in [5, 5.41) is 15.6. The number of nitrogens with zero attached hydrogens (tertiary/aromatic N) is 6. The summed E-state index contributed by atoms with van der Waals surface area (Å²) in [5.41, 5.74) is 6.72. The zero-order valence-corrected chi connectivity index (χ0v) is 24.6. The number of nitrogens with one attached hydrogen (secondary N) is 2. The number of para-hydroxylation sites is 1. The van der Waals surface area contributed by atoms with Crippen LogP contribution in [0.2, 0.25) is 0 Å². The highest BCUT2D eigenvalue weighted by Gasteiger charge is 2.35. The molecular formula is C33H36N8O2. The number of carbonyl (C=O) groups is 1. The molecule has 1 saturated heterocycles. The van der Waals surface area contributed by atoms with Gasteiger partial charge in [0.25, 0.3) is 0 Å². The van der Waals surface area contributed by atoms with Gasteiger partial charge in [-0.25, -0.2) is 9.48 Å². The summed E-state index contributed by atoms with van der Waals surface area (Å²) in [4.78, 5) is 20.3. The number of hydrogen-bond acceptors (Lipinski definition) is 6. The van der Waals surface area contributed by atoms with E-state index in [1.165, 1.54) is 5.56 Å². The first-order valence-electron chi connectivity index (χ1n) is 14.4. The minimum Gasteiger partial charge on any atom is -0.383 e. The molecule has 2 atom stereocenters. The Kier molecular flexibility index (Phi) is 8.30. The van der Waals surface area contributed by atoms with E-state index in [2.05, 4.69) is 55.9 Å². The lowest BCUT2D eigenvalue weighted by atomic mass is 9.92. The monoisotopic (exact) mass is 576 g/mol. The van der Waals surface area contributed by atoms with Gasteiger partial charge in [-0.2, -0.15) is 10.2 Å². The fourth-order valence-corrected chi connectivity index (χ4v) is 5.78. The third-order valence-electron chi connectivity index (χ3n) is 7.97. The van der Waals surface area contributed by atoms with E-state index in [1.54, 1.807) is 28.9 Å². The van der Waals surface area contributed by atoms with Crippen LogP contribution in [0.3, 0.4) is 0 Å². The van der Waals surface area contributed by atoms with Crippen molar-refractivity contribution in [1.82, 2.24) is 34.8 Å². The van der Waals surface area contributed by atoms with Crippen LogP contribution in [0.4, 0.5) is 10.6 Å². The molecule has 0 spiro atoms. The first kappa shape index (κ1) is 28.3. The lowest BCUT2D eigenvalue weighted by Gasteiger charge is -2.21. The van der Waals surface area contributed by atoms with Gasteiger partial charge in [0.05, 0.1) is 24.5 Å². The van der Waals surface area contributed by atoms with Gasteiger partial charge in [0.15, 0.2) is 0 Å². The van der Waals surface area contributed by atoms with Gasteiger partial charge in [-0.1, -0.05) is 48.5 Å². The van der Waals surface area contributed by atoms with E-state index in [0.29, 0.717) is 12.4 Å². The summed E-state index contributed by atoms with van der Waals surface area (Å²) in [5.74, 6) is 0.720. The molecule has 6 rings (SSSR count). The molecule has 1 aliphatic heterocycles. The van der Waals surface area contributed by atoms with Gasteiger partial charge in [0.2, 0.25) is 0 Å². The molecule has 1 aliphatic rings. The number of aromatic nitrogens is 5. The SMILES string of the molecule is COCCN1C[C@@H](NC(=O)Nc2c(C)c(-c3cnn(C)c3)nn2-c2ccccc2)[C@H](c2cccc(-c3cccnc3)c2)C1. The smallest absolute Gasteiger partial charge is 0.320 e. The van der Waals surface area contributed by atoms with Gasteiger partial charge in [0.1, 0.15) is 11.5 Å². The number of anilines is 1. The van der Waals surface area contributed by atoms with Crippen LogP contribution in [0.25, 0.3) is 28.1 Å². The van der Waals surface area contributed by atoms with E-state index in [0.717, 1.165) is 53.3 Å². The molecule has 43 heavy (non-hydrogen) atoms. The van der Waals surface area contributed by atoms with E-state index in [-0.39, 0.29) is 18.0 Å². The predicted octanol–water partition coefficient (Wildman–Crippen LogP) is 4.88. The van der Waals surface area contributed by atoms with Gasteiger partial charge in [0, 0.05) is 69.4 Å². The molecule has 2 aromatic carbocycles. The molecule has 4 heterocycles. The topological polar surface area (TPSA) is 102 Å². The number of urea groups is 1. The number of methoxy groups -OCH3 is 1. The van der Waals surface area contributed by atoms with Gasteiger partial charge in [-0.05, 0) is 41.8 Å². The summed E-state index contributed by atoms with van der Waals surface area (Å²) < 4.78 is 8.89. The Morgan fingerprint density at radius 1 is 1.00 bits per heavy atom. The van der Waals surface area contributed by atoms with E-state index < -0.39 is 0 Å². The molecule has 2 N–H and O–H groups in total. The van der Waals surface area contributed by atoms with Crippen LogP contribution in [0, 0.1) is 6.92 Å². The van der Waals surface area contributed by atoms with Crippen molar-refractivity contribution in [1.29, 1.82) is 0 Å². The number of carbonyl (C=O) groups excluding carboxylic acids is 1. The van der Waals surface area contributed by atoms with Crippen molar-refractivity contribution < 1.29 is 9.53 Å². The van der Waals surface area contributed by atoms with Crippen LogP contribution in [0.1, 0.15) is 17.0 Å². The molecule has 0 unspecified atom stereocenters. The van der Waals surface area contributed by atoms with E-state index >= 15 is 0 Å². The molecule has 0 saturated carbocycles. The van der Waals surface area contributed by atoms with Crippen LogP contribution in [-0.2, 0) is 11.8 Å². The minimum atomic E-state index is -0.273. The van der Waals surface area contributed by atoms with Crippen LogP contribution in [0.15, 0.2) is 91.5 Å². The van der Waals surface area contributed by atoms with Crippen molar-refractivity contribution in [2.75, 3.05) is 38.7 Å². The Bertz CT molecular complexity index is 1680. The maximum Gasteiger partial charge on any atom is 0.320 e. The van der Waals surface area contributed by atoms with Gasteiger partial charge in [-0.3, -0.25) is 19.9 Å². The van der Waals surface area contributed by atoms with Crippen molar-refractivity contribution in [3.8, 4) is 28.1 Å². The summed E-state index contributed by atoms with van der Waals surface area (Å²) >= 11 is 0. The Morgan fingerprint density at radius 3 is 2.58 bits per heavy atom. The second kappa shape index (κ2) is 12.6. The highest BCUT2D eigenvalue weighted by Crippen LogP contribution is 2.32. The maximum absolute atomic E-state index is 13.7. The lowest BCUT2D eigenvalue weighted by Crippen LogP contribution is -2.42. The first-order chi connectivity index (χ1) is 21.0. The number of benzene rings is 2. The second-order valence-corrected chi connectivity index (χ2v) is 10.9. The molecule has 0 aliphatic carbocycles. The molecule has 10 nitrogen and oxygen atoms in total. The Balaban J connectivity index is 1.27. The third-order valence-corrected chi connectivity index (χ3v) is 7.97. The number of ether oxygens (including phenoxy) is 1. The average Bonchev–Trinajstić information content (AvgIpc) is 3.74. The number of hydrogen-bond donors (Lipinski definition) is 2. The highest BCUT2D eigenvalue weighted by molar-refractivity contribution is 5.91. The van der Waals surface area contributed by atoms with Crippen LogP contribution >= 0.6 is 0 Å². The lowest BCUT2D eigenvalue weighted by molar-refractivity contribution is 0.159. The van der Waals surface area contributed by atoms with Crippen molar-refractivity contribution in [3.05, 3.63) is 103 Å². The average molecular weight is 577 g/mol. The number of rotatable bonds is 9. The molecule has 0 bridgehead atoms. The van der Waals surface area contributed by atoms with Crippen LogP contribution in [-0.4, -0.2) is 74.9 Å². The van der Waals surface area contributed by atoms with Crippen molar-refractivity contribution >= 4 is 11.8 Å². The summed E-state index contributed by atoms with van der Waals surface area (Å²) in [6, 6.07) is 22.0. The maximum atomic E-state index is 13.7. The zero-order valence-electron chi connectivity index (χ0n) is 24.6. The van der Waals surface area contributed by atoms with E-state index in [9.17, 15) is 4.79 Å². The van der Waals surface area contributed by atoms with Crippen molar-refractivity contribution in [2.24, 2.45) is 7.05 Å². The molecule has 3 aromatic heterocycles. The number of amides is 2. The minimum absolute atomic E-state index is 0.102. The summed E-state index contributed by atoms with van der Waals surface area (Å²) in [6.45, 7) is 4.93. The van der Waals surface area contributed by atoms with Gasteiger partial charge < -0.3 is 10.1 Å². The van der Waals surface area contributed by atoms with Gasteiger partial charge >= 0.3 is 6.03 Å². The standard InChI is InChI=1S/C33H36N8O2/c1-23-31(27-19-35-39(2)20-27)38-41(28-12-5-4-6-13-28)32(23)37-33(42)36-30-22-40(15-16-43-3)21-29(30)25-10-7-9-24(17-25)26-11-8-14-34-18-26/h4-14,17-20,29-30H,15-16,21-22H2,1-3H3,(H2,36,37,42)/t29-,30+/m0/s1.